The summed E-state index contributed by atoms with van der Waals surface area (Å²) in [6, 6.07) is 50.2. The van der Waals surface area contributed by atoms with Crippen molar-refractivity contribution < 1.29 is 28.8 Å². The van der Waals surface area contributed by atoms with Gasteiger partial charge in [-0.1, -0.05) is 152 Å². The van der Waals surface area contributed by atoms with Gasteiger partial charge in [-0.15, -0.1) is 0 Å². The molecule has 0 radical (unpaired) electrons. The number of hydrogen-bond donors (Lipinski definition) is 1. The maximum Gasteiger partial charge on any atom is 0.186 e. The van der Waals surface area contributed by atoms with E-state index in [2.05, 4.69) is 36.4 Å². The van der Waals surface area contributed by atoms with Gasteiger partial charge in [0.2, 0.25) is 0 Å². The van der Waals surface area contributed by atoms with Gasteiger partial charge in [0, 0.05) is 7.11 Å². The van der Waals surface area contributed by atoms with E-state index in [0.717, 1.165) is 27.8 Å². The fourth-order valence-electron chi connectivity index (χ4n) is 6.12. The van der Waals surface area contributed by atoms with E-state index in [1.807, 2.05) is 115 Å². The molecule has 236 valence electrons. The molecule has 5 atom stereocenters. The first kappa shape index (κ1) is 31.8. The standard InChI is InChI=1S/C40H40O6/c1-42-39-38(44-28-31-19-9-3-10-20-31)37(43-27-30-17-7-2-8-18-30)36(46-39)35(41)29-45-40(32-21-11-4-12-22-32,33-23-13-5-14-24-33)34-25-15-6-16-26-34/h2-26,35-39,41H,27-29H2,1H3/t35-,36-,37-,38+,39?/m0/s1. The van der Waals surface area contributed by atoms with Gasteiger partial charge in [0.1, 0.15) is 30.0 Å². The molecule has 0 aliphatic carbocycles. The lowest BCUT2D eigenvalue weighted by atomic mass is 9.80. The lowest BCUT2D eigenvalue weighted by molar-refractivity contribution is -0.181. The van der Waals surface area contributed by atoms with Crippen LogP contribution in [0.15, 0.2) is 152 Å². The summed E-state index contributed by atoms with van der Waals surface area (Å²) in [5.41, 5.74) is 3.87. The van der Waals surface area contributed by atoms with Crippen LogP contribution in [0.1, 0.15) is 27.8 Å². The highest BCUT2D eigenvalue weighted by Crippen LogP contribution is 2.41. The smallest absolute Gasteiger partial charge is 0.186 e. The van der Waals surface area contributed by atoms with Gasteiger partial charge >= 0.3 is 0 Å². The van der Waals surface area contributed by atoms with Crippen molar-refractivity contribution in [2.75, 3.05) is 13.7 Å². The van der Waals surface area contributed by atoms with Crippen molar-refractivity contribution in [3.8, 4) is 0 Å². The molecule has 1 fully saturated rings. The van der Waals surface area contributed by atoms with Crippen molar-refractivity contribution in [1.29, 1.82) is 0 Å². The zero-order valence-corrected chi connectivity index (χ0v) is 25.9. The summed E-state index contributed by atoms with van der Waals surface area (Å²) in [5.74, 6) is 0. The summed E-state index contributed by atoms with van der Waals surface area (Å²) in [6.07, 6.45) is -3.82. The molecule has 6 nitrogen and oxygen atoms in total. The molecule has 0 saturated carbocycles. The van der Waals surface area contributed by atoms with Gasteiger partial charge in [0.05, 0.1) is 19.8 Å². The SMILES string of the molecule is COC1O[C@@H]([C@@H](O)COC(c2ccccc2)(c2ccccc2)c2ccccc2)[C@H](OCc2ccccc2)[C@H]1OCc1ccccc1. The van der Waals surface area contributed by atoms with E-state index in [-0.39, 0.29) is 6.61 Å². The van der Waals surface area contributed by atoms with Crippen molar-refractivity contribution in [3.05, 3.63) is 179 Å². The third-order valence-electron chi connectivity index (χ3n) is 8.40. The number of rotatable bonds is 14. The van der Waals surface area contributed by atoms with E-state index >= 15 is 0 Å². The summed E-state index contributed by atoms with van der Waals surface area (Å²) in [5, 5.41) is 11.9. The van der Waals surface area contributed by atoms with Crippen molar-refractivity contribution in [2.45, 2.75) is 49.5 Å². The van der Waals surface area contributed by atoms with Crippen LogP contribution in [-0.2, 0) is 42.5 Å². The lowest BCUT2D eigenvalue weighted by Gasteiger charge is -2.37. The maximum atomic E-state index is 11.9. The Morgan fingerprint density at radius 3 is 1.39 bits per heavy atom. The van der Waals surface area contributed by atoms with E-state index in [1.165, 1.54) is 0 Å². The summed E-state index contributed by atoms with van der Waals surface area (Å²) < 4.78 is 31.9. The number of methoxy groups -OCH3 is 1. The van der Waals surface area contributed by atoms with Crippen LogP contribution in [0, 0.1) is 0 Å². The zero-order valence-electron chi connectivity index (χ0n) is 25.9. The van der Waals surface area contributed by atoms with Gasteiger partial charge in [0.25, 0.3) is 0 Å². The summed E-state index contributed by atoms with van der Waals surface area (Å²) in [7, 11) is 1.58. The molecule has 1 heterocycles. The predicted molar refractivity (Wildman–Crippen MR) is 177 cm³/mol. The molecule has 5 aromatic rings. The number of ether oxygens (including phenoxy) is 5. The van der Waals surface area contributed by atoms with Crippen LogP contribution in [0.5, 0.6) is 0 Å². The lowest BCUT2D eigenvalue weighted by Crippen LogP contribution is -2.45. The molecule has 1 aliphatic heterocycles. The Labute approximate surface area is 271 Å². The second-order valence-electron chi connectivity index (χ2n) is 11.4. The van der Waals surface area contributed by atoms with Crippen LogP contribution < -0.4 is 0 Å². The van der Waals surface area contributed by atoms with Gasteiger partial charge in [-0.25, -0.2) is 0 Å². The van der Waals surface area contributed by atoms with E-state index in [1.54, 1.807) is 7.11 Å². The van der Waals surface area contributed by atoms with E-state index in [9.17, 15) is 5.11 Å². The van der Waals surface area contributed by atoms with Crippen LogP contribution in [0.25, 0.3) is 0 Å². The van der Waals surface area contributed by atoms with Crippen LogP contribution in [-0.4, -0.2) is 49.5 Å². The number of hydrogen-bond acceptors (Lipinski definition) is 6. The molecule has 46 heavy (non-hydrogen) atoms. The normalized spacial score (nSPS) is 20.4. The molecule has 0 bridgehead atoms. The van der Waals surface area contributed by atoms with Gasteiger partial charge in [-0.3, -0.25) is 0 Å². The minimum atomic E-state index is -1.07. The van der Waals surface area contributed by atoms with Crippen LogP contribution in [0.4, 0.5) is 0 Å². The third-order valence-corrected chi connectivity index (χ3v) is 8.40. The fourth-order valence-corrected chi connectivity index (χ4v) is 6.12. The van der Waals surface area contributed by atoms with Crippen molar-refractivity contribution in [1.82, 2.24) is 0 Å². The molecule has 5 aromatic carbocycles. The fraction of sp³-hybridized carbons (Fsp3) is 0.250. The molecule has 1 saturated heterocycles. The molecule has 1 aliphatic rings. The summed E-state index contributed by atoms with van der Waals surface area (Å²) in [4.78, 5) is 0. The van der Waals surface area contributed by atoms with Gasteiger partial charge in [-0.05, 0) is 27.8 Å². The van der Waals surface area contributed by atoms with Crippen molar-refractivity contribution >= 4 is 0 Å². The highest BCUT2D eigenvalue weighted by Gasteiger charge is 2.50. The minimum absolute atomic E-state index is 0.0453. The van der Waals surface area contributed by atoms with Crippen molar-refractivity contribution in [3.63, 3.8) is 0 Å². The highest BCUT2D eigenvalue weighted by atomic mass is 16.7. The molecule has 6 rings (SSSR count). The molecule has 1 N–H and O–H groups in total. The first-order chi connectivity index (χ1) is 22.7. The number of benzene rings is 5. The van der Waals surface area contributed by atoms with Crippen LogP contribution in [0.3, 0.4) is 0 Å². The maximum absolute atomic E-state index is 11.9. The Hall–Kier alpha value is -4.14. The molecular weight excluding hydrogens is 576 g/mol. The summed E-state index contributed by atoms with van der Waals surface area (Å²) in [6.45, 7) is 0.622. The largest absolute Gasteiger partial charge is 0.388 e. The molecule has 0 aromatic heterocycles. The first-order valence-electron chi connectivity index (χ1n) is 15.7. The molecule has 0 amide bonds. The Kier molecular flexibility index (Phi) is 10.7. The minimum Gasteiger partial charge on any atom is -0.388 e. The summed E-state index contributed by atoms with van der Waals surface area (Å²) >= 11 is 0. The quantitative estimate of drug-likeness (QED) is 0.137. The highest BCUT2D eigenvalue weighted by molar-refractivity contribution is 5.47. The van der Waals surface area contributed by atoms with E-state index < -0.39 is 36.3 Å². The molecule has 0 spiro atoms. The average molecular weight is 617 g/mol. The molecule has 6 heteroatoms. The monoisotopic (exact) mass is 616 g/mol. The Morgan fingerprint density at radius 2 is 0.978 bits per heavy atom. The molecule has 1 unspecified atom stereocenters. The second-order valence-corrected chi connectivity index (χ2v) is 11.4. The topological polar surface area (TPSA) is 66.4 Å². The Balaban J connectivity index is 1.30. The van der Waals surface area contributed by atoms with Gasteiger partial charge in [0.15, 0.2) is 6.29 Å². The Bertz CT molecular complexity index is 1490. The predicted octanol–water partition coefficient (Wildman–Crippen LogP) is 6.90. The number of aliphatic hydroxyl groups is 1. The molecular formula is C40H40O6. The van der Waals surface area contributed by atoms with Gasteiger partial charge in [-0.2, -0.15) is 0 Å². The average Bonchev–Trinajstić information content (AvgIpc) is 3.49. The Morgan fingerprint density at radius 1 is 0.587 bits per heavy atom. The first-order valence-corrected chi connectivity index (χ1v) is 15.7. The van der Waals surface area contributed by atoms with Gasteiger partial charge < -0.3 is 28.8 Å². The van der Waals surface area contributed by atoms with Crippen LogP contribution in [0.2, 0.25) is 0 Å². The van der Waals surface area contributed by atoms with E-state index in [0.29, 0.717) is 13.2 Å². The zero-order chi connectivity index (χ0) is 31.6. The van der Waals surface area contributed by atoms with Crippen molar-refractivity contribution in [2.24, 2.45) is 0 Å². The number of aliphatic hydroxyl groups excluding tert-OH is 1. The van der Waals surface area contributed by atoms with E-state index in [4.69, 9.17) is 23.7 Å². The van der Waals surface area contributed by atoms with Crippen LogP contribution >= 0.6 is 0 Å². The third kappa shape index (κ3) is 7.13. The second kappa shape index (κ2) is 15.4.